The molecule has 0 aliphatic carbocycles. The van der Waals surface area contributed by atoms with Crippen molar-refractivity contribution < 1.29 is 18.7 Å². The minimum Gasteiger partial charge on any atom is -0.483 e. The van der Waals surface area contributed by atoms with Gasteiger partial charge >= 0.3 is 0 Å². The topological polar surface area (TPSA) is 58.6 Å². The highest BCUT2D eigenvalue weighted by Crippen LogP contribution is 2.21. The van der Waals surface area contributed by atoms with Crippen LogP contribution in [0.2, 0.25) is 0 Å². The van der Waals surface area contributed by atoms with Crippen LogP contribution in [0.15, 0.2) is 42.5 Å². The summed E-state index contributed by atoms with van der Waals surface area (Å²) in [6.07, 6.45) is 0.459. The Balaban J connectivity index is 2.21. The Labute approximate surface area is 184 Å². The summed E-state index contributed by atoms with van der Waals surface area (Å²) in [4.78, 5) is 27.5. The van der Waals surface area contributed by atoms with E-state index in [1.54, 1.807) is 12.1 Å². The average molecular weight is 429 g/mol. The van der Waals surface area contributed by atoms with Gasteiger partial charge in [-0.2, -0.15) is 0 Å². The predicted octanol–water partition coefficient (Wildman–Crippen LogP) is 4.40. The van der Waals surface area contributed by atoms with Gasteiger partial charge < -0.3 is 15.0 Å². The highest BCUT2D eigenvalue weighted by Gasteiger charge is 2.29. The third-order valence-corrected chi connectivity index (χ3v) is 5.24. The Kier molecular flexibility index (Phi) is 9.03. The van der Waals surface area contributed by atoms with Crippen LogP contribution in [0.4, 0.5) is 4.39 Å². The average Bonchev–Trinajstić information content (AvgIpc) is 2.74. The first-order valence-electron chi connectivity index (χ1n) is 10.7. The van der Waals surface area contributed by atoms with E-state index in [2.05, 4.69) is 5.32 Å². The Morgan fingerprint density at radius 1 is 1.10 bits per heavy atom. The molecular formula is C25H33FN2O3. The molecule has 2 aromatic carbocycles. The highest BCUT2D eigenvalue weighted by molar-refractivity contribution is 5.88. The van der Waals surface area contributed by atoms with E-state index in [4.69, 9.17) is 4.74 Å². The maximum Gasteiger partial charge on any atom is 0.261 e. The van der Waals surface area contributed by atoms with Gasteiger partial charge in [0.15, 0.2) is 6.61 Å². The number of aryl methyl sites for hydroxylation is 1. The molecule has 6 heteroatoms. The van der Waals surface area contributed by atoms with Gasteiger partial charge in [-0.1, -0.05) is 45.0 Å². The van der Waals surface area contributed by atoms with Crippen molar-refractivity contribution in [2.24, 2.45) is 5.92 Å². The zero-order chi connectivity index (χ0) is 23.0. The molecule has 168 valence electrons. The molecule has 0 saturated heterocycles. The number of hydrogen-bond donors (Lipinski definition) is 1. The highest BCUT2D eigenvalue weighted by atomic mass is 19.1. The smallest absolute Gasteiger partial charge is 0.261 e. The Morgan fingerprint density at radius 3 is 2.39 bits per heavy atom. The molecule has 1 N–H and O–H groups in total. The van der Waals surface area contributed by atoms with Gasteiger partial charge in [0, 0.05) is 13.1 Å². The Morgan fingerprint density at radius 2 is 1.77 bits per heavy atom. The third-order valence-electron chi connectivity index (χ3n) is 5.24. The molecule has 1 unspecified atom stereocenters. The van der Waals surface area contributed by atoms with Gasteiger partial charge in [-0.25, -0.2) is 4.39 Å². The summed E-state index contributed by atoms with van der Waals surface area (Å²) in [5.41, 5.74) is 2.80. The van der Waals surface area contributed by atoms with Gasteiger partial charge in [0.05, 0.1) is 0 Å². The van der Waals surface area contributed by atoms with Crippen LogP contribution in [-0.4, -0.2) is 35.9 Å². The number of rotatable bonds is 10. The fourth-order valence-corrected chi connectivity index (χ4v) is 3.23. The quantitative estimate of drug-likeness (QED) is 0.610. The maximum atomic E-state index is 13.3. The van der Waals surface area contributed by atoms with Crippen molar-refractivity contribution in [2.75, 3.05) is 13.2 Å². The van der Waals surface area contributed by atoms with E-state index in [0.29, 0.717) is 24.6 Å². The number of ether oxygens (including phenoxy) is 1. The summed E-state index contributed by atoms with van der Waals surface area (Å²) in [6, 6.07) is 11.0. The number of nitrogens with zero attached hydrogens (tertiary/aromatic N) is 1. The van der Waals surface area contributed by atoms with Crippen molar-refractivity contribution >= 4 is 11.8 Å². The molecule has 0 bridgehead atoms. The summed E-state index contributed by atoms with van der Waals surface area (Å²) >= 11 is 0. The number of carbonyl (C=O) groups is 2. The monoisotopic (exact) mass is 428 g/mol. The van der Waals surface area contributed by atoms with E-state index in [-0.39, 0.29) is 30.8 Å². The molecule has 2 rings (SSSR count). The molecule has 0 saturated carbocycles. The molecule has 2 aromatic rings. The lowest BCUT2D eigenvalue weighted by Crippen LogP contribution is -2.50. The van der Waals surface area contributed by atoms with Crippen molar-refractivity contribution in [1.82, 2.24) is 10.2 Å². The van der Waals surface area contributed by atoms with Crippen LogP contribution in [-0.2, 0) is 16.1 Å². The summed E-state index contributed by atoms with van der Waals surface area (Å²) in [5, 5.41) is 2.92. The molecule has 0 spiro atoms. The molecule has 0 heterocycles. The van der Waals surface area contributed by atoms with Crippen molar-refractivity contribution in [3.63, 3.8) is 0 Å². The van der Waals surface area contributed by atoms with Crippen molar-refractivity contribution in [1.29, 1.82) is 0 Å². The van der Waals surface area contributed by atoms with Gasteiger partial charge in [-0.05, 0) is 61.1 Å². The molecule has 0 fully saturated rings. The number of carbonyl (C=O) groups excluding carboxylic acids is 2. The zero-order valence-electron chi connectivity index (χ0n) is 19.1. The van der Waals surface area contributed by atoms with Gasteiger partial charge in [0.2, 0.25) is 5.91 Å². The number of hydrogen-bond acceptors (Lipinski definition) is 3. The fraction of sp³-hybridized carbons (Fsp3) is 0.440. The number of nitrogens with one attached hydrogen (secondary N) is 1. The molecular weight excluding hydrogens is 395 g/mol. The molecule has 0 aliphatic rings. The third kappa shape index (κ3) is 7.09. The number of benzene rings is 2. The van der Waals surface area contributed by atoms with Gasteiger partial charge in [0.1, 0.15) is 17.6 Å². The molecule has 0 radical (unpaired) electrons. The van der Waals surface area contributed by atoms with E-state index >= 15 is 0 Å². The van der Waals surface area contributed by atoms with Crippen LogP contribution in [0.3, 0.4) is 0 Å². The molecule has 31 heavy (non-hydrogen) atoms. The SMILES string of the molecule is CCC(C(=O)NCC(C)C)N(Cc1ccc(F)cc1)C(=O)COc1cccc(C)c1C. The van der Waals surface area contributed by atoms with Gasteiger partial charge in [-0.3, -0.25) is 9.59 Å². The zero-order valence-corrected chi connectivity index (χ0v) is 19.1. The summed E-state index contributed by atoms with van der Waals surface area (Å²) < 4.78 is 19.1. The Hall–Kier alpha value is -2.89. The van der Waals surface area contributed by atoms with Crippen LogP contribution in [0, 0.1) is 25.6 Å². The molecule has 0 aromatic heterocycles. The first-order valence-corrected chi connectivity index (χ1v) is 10.7. The fourth-order valence-electron chi connectivity index (χ4n) is 3.23. The normalized spacial score (nSPS) is 11.8. The van der Waals surface area contributed by atoms with Gasteiger partial charge in [0.25, 0.3) is 5.91 Å². The molecule has 0 aliphatic heterocycles. The number of halogens is 1. The summed E-state index contributed by atoms with van der Waals surface area (Å²) in [7, 11) is 0. The maximum absolute atomic E-state index is 13.3. The second-order valence-electron chi connectivity index (χ2n) is 8.20. The molecule has 5 nitrogen and oxygen atoms in total. The van der Waals surface area contributed by atoms with E-state index < -0.39 is 6.04 Å². The van der Waals surface area contributed by atoms with Crippen LogP contribution >= 0.6 is 0 Å². The molecule has 1 atom stereocenters. The van der Waals surface area contributed by atoms with Crippen LogP contribution in [0.1, 0.15) is 43.9 Å². The molecule has 2 amide bonds. The van der Waals surface area contributed by atoms with E-state index in [1.165, 1.54) is 17.0 Å². The van der Waals surface area contributed by atoms with Crippen LogP contribution in [0.5, 0.6) is 5.75 Å². The second kappa shape index (κ2) is 11.5. The van der Waals surface area contributed by atoms with Gasteiger partial charge in [-0.15, -0.1) is 0 Å². The second-order valence-corrected chi connectivity index (χ2v) is 8.20. The Bertz CT molecular complexity index is 881. The lowest BCUT2D eigenvalue weighted by Gasteiger charge is -2.31. The van der Waals surface area contributed by atoms with Crippen LogP contribution in [0.25, 0.3) is 0 Å². The van der Waals surface area contributed by atoms with E-state index in [0.717, 1.165) is 16.7 Å². The van der Waals surface area contributed by atoms with Crippen LogP contribution < -0.4 is 10.1 Å². The lowest BCUT2D eigenvalue weighted by molar-refractivity contribution is -0.143. The first-order chi connectivity index (χ1) is 14.7. The van der Waals surface area contributed by atoms with E-state index in [1.807, 2.05) is 52.8 Å². The van der Waals surface area contributed by atoms with Crippen molar-refractivity contribution in [2.45, 2.75) is 53.6 Å². The first kappa shape index (κ1) is 24.4. The van der Waals surface area contributed by atoms with Crippen molar-refractivity contribution in [3.05, 3.63) is 65.0 Å². The summed E-state index contributed by atoms with van der Waals surface area (Å²) in [5.74, 6) is 0.111. The summed E-state index contributed by atoms with van der Waals surface area (Å²) in [6.45, 7) is 10.4. The van der Waals surface area contributed by atoms with E-state index in [9.17, 15) is 14.0 Å². The largest absolute Gasteiger partial charge is 0.483 e. The minimum absolute atomic E-state index is 0.181. The van der Waals surface area contributed by atoms with Crippen molar-refractivity contribution in [3.8, 4) is 5.75 Å². The number of amides is 2. The lowest BCUT2D eigenvalue weighted by atomic mass is 10.1. The predicted molar refractivity (Wildman–Crippen MR) is 120 cm³/mol. The standard InChI is InChI=1S/C25H33FN2O3/c1-6-22(25(30)27-14-17(2)3)28(15-20-10-12-21(26)13-11-20)24(29)16-31-23-9-7-8-18(4)19(23)5/h7-13,17,22H,6,14-16H2,1-5H3,(H,27,30). The minimum atomic E-state index is -0.640.